The van der Waals surface area contributed by atoms with Crippen LogP contribution in [0.25, 0.3) is 0 Å². The van der Waals surface area contributed by atoms with E-state index < -0.39 is 0 Å². The molecule has 2 aromatic heterocycles. The Labute approximate surface area is 165 Å². The van der Waals surface area contributed by atoms with E-state index in [4.69, 9.17) is 21.4 Å². The second kappa shape index (κ2) is 9.02. The predicted molar refractivity (Wildman–Crippen MR) is 108 cm³/mol. The van der Waals surface area contributed by atoms with E-state index in [9.17, 15) is 0 Å². The zero-order valence-corrected chi connectivity index (χ0v) is 16.8. The standard InChI is InChI=1S/C21H25ClN4O/c1-4-27-21-17(9-7-11-24-21)12-23-13-19-15(2)25-26(16(19)3)14-18-8-5-6-10-20(18)22/h5-11,23H,4,12-14H2,1-3H3. The van der Waals surface area contributed by atoms with Crippen molar-refractivity contribution < 1.29 is 4.74 Å². The van der Waals surface area contributed by atoms with E-state index in [0.29, 0.717) is 25.6 Å². The Morgan fingerprint density at radius 3 is 2.63 bits per heavy atom. The molecular weight excluding hydrogens is 360 g/mol. The largest absolute Gasteiger partial charge is 0.478 e. The number of nitrogens with zero attached hydrogens (tertiary/aromatic N) is 3. The lowest BCUT2D eigenvalue weighted by Crippen LogP contribution is -2.15. The van der Waals surface area contributed by atoms with Gasteiger partial charge < -0.3 is 10.1 Å². The molecule has 1 aromatic carbocycles. The van der Waals surface area contributed by atoms with Gasteiger partial charge in [-0.2, -0.15) is 5.10 Å². The van der Waals surface area contributed by atoms with Crippen molar-refractivity contribution in [1.29, 1.82) is 0 Å². The molecule has 0 unspecified atom stereocenters. The summed E-state index contributed by atoms with van der Waals surface area (Å²) in [4.78, 5) is 4.30. The van der Waals surface area contributed by atoms with Crippen LogP contribution < -0.4 is 10.1 Å². The van der Waals surface area contributed by atoms with Crippen LogP contribution in [0.5, 0.6) is 5.88 Å². The topological polar surface area (TPSA) is 52.0 Å². The fourth-order valence-corrected chi connectivity index (χ4v) is 3.27. The average Bonchev–Trinajstić information content (AvgIpc) is 2.92. The third kappa shape index (κ3) is 4.67. The first-order valence-electron chi connectivity index (χ1n) is 9.13. The smallest absolute Gasteiger partial charge is 0.217 e. The van der Waals surface area contributed by atoms with Crippen LogP contribution in [0.3, 0.4) is 0 Å². The Bertz CT molecular complexity index is 907. The van der Waals surface area contributed by atoms with Crippen LogP contribution in [0.4, 0.5) is 0 Å². The molecule has 1 N–H and O–H groups in total. The summed E-state index contributed by atoms with van der Waals surface area (Å²) in [6.07, 6.45) is 1.75. The van der Waals surface area contributed by atoms with Crippen molar-refractivity contribution in [3.05, 3.63) is 75.7 Å². The predicted octanol–water partition coefficient (Wildman–Crippen LogP) is 4.29. The van der Waals surface area contributed by atoms with Crippen LogP contribution in [0, 0.1) is 13.8 Å². The quantitative estimate of drug-likeness (QED) is 0.629. The van der Waals surface area contributed by atoms with E-state index in [1.807, 2.05) is 54.9 Å². The van der Waals surface area contributed by atoms with E-state index in [-0.39, 0.29) is 0 Å². The summed E-state index contributed by atoms with van der Waals surface area (Å²) < 4.78 is 7.61. The monoisotopic (exact) mass is 384 g/mol. The maximum atomic E-state index is 6.29. The number of aryl methyl sites for hydroxylation is 1. The van der Waals surface area contributed by atoms with Gasteiger partial charge in [0.15, 0.2) is 0 Å². The van der Waals surface area contributed by atoms with E-state index in [2.05, 4.69) is 17.2 Å². The first kappa shape index (κ1) is 19.4. The lowest BCUT2D eigenvalue weighted by molar-refractivity contribution is 0.322. The number of halogens is 1. The summed E-state index contributed by atoms with van der Waals surface area (Å²) in [5.41, 5.74) is 5.52. The second-order valence-corrected chi connectivity index (χ2v) is 6.81. The first-order chi connectivity index (χ1) is 13.1. The molecule has 142 valence electrons. The minimum atomic E-state index is 0.608. The third-order valence-electron chi connectivity index (χ3n) is 4.56. The van der Waals surface area contributed by atoms with Gasteiger partial charge >= 0.3 is 0 Å². The van der Waals surface area contributed by atoms with Crippen molar-refractivity contribution in [1.82, 2.24) is 20.1 Å². The Kier molecular flexibility index (Phi) is 6.48. The van der Waals surface area contributed by atoms with Gasteiger partial charge in [0.1, 0.15) is 0 Å². The molecule has 0 aliphatic rings. The summed E-state index contributed by atoms with van der Waals surface area (Å²) in [6.45, 7) is 8.82. The van der Waals surface area contributed by atoms with Crippen molar-refractivity contribution in [2.24, 2.45) is 0 Å². The summed E-state index contributed by atoms with van der Waals surface area (Å²) in [6, 6.07) is 11.9. The molecule has 0 aliphatic carbocycles. The fraction of sp³-hybridized carbons (Fsp3) is 0.333. The van der Waals surface area contributed by atoms with Gasteiger partial charge in [-0.25, -0.2) is 4.98 Å². The van der Waals surface area contributed by atoms with E-state index >= 15 is 0 Å². The summed E-state index contributed by atoms with van der Waals surface area (Å²) in [7, 11) is 0. The Balaban J connectivity index is 1.68. The first-order valence-corrected chi connectivity index (χ1v) is 9.51. The van der Waals surface area contributed by atoms with Crippen molar-refractivity contribution in [3.8, 4) is 5.88 Å². The molecule has 0 atom stereocenters. The van der Waals surface area contributed by atoms with Crippen LogP contribution in [0.1, 0.15) is 35.0 Å². The number of hydrogen-bond acceptors (Lipinski definition) is 4. The lowest BCUT2D eigenvalue weighted by atomic mass is 10.2. The maximum absolute atomic E-state index is 6.29. The molecule has 2 heterocycles. The molecule has 6 heteroatoms. The van der Waals surface area contributed by atoms with Crippen molar-refractivity contribution in [2.75, 3.05) is 6.61 Å². The molecule has 0 fully saturated rings. The van der Waals surface area contributed by atoms with Gasteiger partial charge in [-0.05, 0) is 38.5 Å². The summed E-state index contributed by atoms with van der Waals surface area (Å²) in [5, 5.41) is 8.96. The average molecular weight is 385 g/mol. The van der Waals surface area contributed by atoms with Gasteiger partial charge in [-0.15, -0.1) is 0 Å². The summed E-state index contributed by atoms with van der Waals surface area (Å²) in [5.74, 6) is 0.690. The molecule has 0 saturated heterocycles. The van der Waals surface area contributed by atoms with Crippen LogP contribution >= 0.6 is 11.6 Å². The molecule has 0 bridgehead atoms. The number of pyridine rings is 1. The van der Waals surface area contributed by atoms with Gasteiger partial charge in [0.25, 0.3) is 0 Å². The number of rotatable bonds is 8. The SMILES string of the molecule is CCOc1ncccc1CNCc1c(C)nn(Cc2ccccc2Cl)c1C. The van der Waals surface area contributed by atoms with Gasteiger partial charge in [0.05, 0.1) is 18.8 Å². The molecule has 0 saturated carbocycles. The number of benzene rings is 1. The normalized spacial score (nSPS) is 11.0. The highest BCUT2D eigenvalue weighted by Crippen LogP contribution is 2.20. The van der Waals surface area contributed by atoms with Crippen LogP contribution in [0.15, 0.2) is 42.6 Å². The second-order valence-electron chi connectivity index (χ2n) is 6.40. The lowest BCUT2D eigenvalue weighted by Gasteiger charge is -2.10. The summed E-state index contributed by atoms with van der Waals surface area (Å²) >= 11 is 6.29. The Hall–Kier alpha value is -2.37. The van der Waals surface area contributed by atoms with Crippen molar-refractivity contribution in [3.63, 3.8) is 0 Å². The molecule has 5 nitrogen and oxygen atoms in total. The molecule has 27 heavy (non-hydrogen) atoms. The zero-order valence-electron chi connectivity index (χ0n) is 16.0. The van der Waals surface area contributed by atoms with Crippen LogP contribution in [-0.4, -0.2) is 21.4 Å². The molecule has 3 rings (SSSR count). The van der Waals surface area contributed by atoms with Crippen molar-refractivity contribution in [2.45, 2.75) is 40.4 Å². The highest BCUT2D eigenvalue weighted by Gasteiger charge is 2.13. The zero-order chi connectivity index (χ0) is 19.2. The van der Waals surface area contributed by atoms with Gasteiger partial charge in [-0.3, -0.25) is 4.68 Å². The van der Waals surface area contributed by atoms with Gasteiger partial charge in [0, 0.05) is 41.1 Å². The molecule has 3 aromatic rings. The molecule has 0 aliphatic heterocycles. The number of hydrogen-bond donors (Lipinski definition) is 1. The van der Waals surface area contributed by atoms with E-state index in [1.54, 1.807) is 6.20 Å². The highest BCUT2D eigenvalue weighted by atomic mass is 35.5. The highest BCUT2D eigenvalue weighted by molar-refractivity contribution is 6.31. The Morgan fingerprint density at radius 2 is 1.85 bits per heavy atom. The molecular formula is C21H25ClN4O. The minimum absolute atomic E-state index is 0.608. The van der Waals surface area contributed by atoms with E-state index in [0.717, 1.165) is 34.1 Å². The van der Waals surface area contributed by atoms with Crippen molar-refractivity contribution >= 4 is 11.6 Å². The van der Waals surface area contributed by atoms with Crippen LogP contribution in [-0.2, 0) is 19.6 Å². The van der Waals surface area contributed by atoms with Gasteiger partial charge in [0.2, 0.25) is 5.88 Å². The number of nitrogens with one attached hydrogen (secondary N) is 1. The molecule has 0 amide bonds. The number of aromatic nitrogens is 3. The van der Waals surface area contributed by atoms with Crippen LogP contribution in [0.2, 0.25) is 5.02 Å². The minimum Gasteiger partial charge on any atom is -0.478 e. The fourth-order valence-electron chi connectivity index (χ4n) is 3.08. The molecule has 0 spiro atoms. The molecule has 0 radical (unpaired) electrons. The Morgan fingerprint density at radius 1 is 1.07 bits per heavy atom. The van der Waals surface area contributed by atoms with Gasteiger partial charge in [-0.1, -0.05) is 35.9 Å². The van der Waals surface area contributed by atoms with E-state index in [1.165, 1.54) is 5.56 Å². The maximum Gasteiger partial charge on any atom is 0.217 e. The number of ether oxygens (including phenoxy) is 1. The third-order valence-corrected chi connectivity index (χ3v) is 4.93.